The molecule has 1 N–H and O–H groups in total. The lowest BCUT2D eigenvalue weighted by Gasteiger charge is -2.32. The zero-order valence-electron chi connectivity index (χ0n) is 22.1. The molecule has 8 nitrogen and oxygen atoms in total. The van der Waals surface area contributed by atoms with E-state index in [0.29, 0.717) is 51.3 Å². The first-order chi connectivity index (χ1) is 19.2. The van der Waals surface area contributed by atoms with Crippen LogP contribution in [0.5, 0.6) is 5.75 Å². The highest BCUT2D eigenvalue weighted by molar-refractivity contribution is 5.83. The molecule has 39 heavy (non-hydrogen) atoms. The molecule has 0 aliphatic heterocycles. The van der Waals surface area contributed by atoms with Crippen molar-refractivity contribution in [2.45, 2.75) is 32.2 Å². The number of aromatic hydroxyl groups is 1. The van der Waals surface area contributed by atoms with Gasteiger partial charge in [-0.1, -0.05) is 30.3 Å². The van der Waals surface area contributed by atoms with E-state index in [1.54, 1.807) is 30.6 Å². The van der Waals surface area contributed by atoms with Crippen molar-refractivity contribution in [1.29, 1.82) is 0 Å². The van der Waals surface area contributed by atoms with Gasteiger partial charge in [-0.25, -0.2) is 0 Å². The van der Waals surface area contributed by atoms with Gasteiger partial charge in [0.1, 0.15) is 5.75 Å². The summed E-state index contributed by atoms with van der Waals surface area (Å²) in [4.78, 5) is 22.3. The van der Waals surface area contributed by atoms with Crippen LogP contribution in [0.2, 0.25) is 0 Å². The maximum absolute atomic E-state index is 13.0. The van der Waals surface area contributed by atoms with E-state index in [0.717, 1.165) is 23.6 Å². The number of pyridine rings is 3. The summed E-state index contributed by atoms with van der Waals surface area (Å²) in [5, 5.41) is 22.9. The maximum Gasteiger partial charge on any atom is 0.124 e. The normalized spacial score (nSPS) is 12.4. The van der Waals surface area contributed by atoms with E-state index in [1.165, 1.54) is 0 Å². The number of aromatic nitrogens is 3. The molecule has 202 valence electrons. The third-order valence-corrected chi connectivity index (χ3v) is 6.28. The zero-order valence-corrected chi connectivity index (χ0v) is 22.1. The van der Waals surface area contributed by atoms with Crippen molar-refractivity contribution in [2.75, 3.05) is 26.2 Å². The summed E-state index contributed by atoms with van der Waals surface area (Å²) < 4.78 is 0. The Morgan fingerprint density at radius 3 is 1.77 bits per heavy atom. The van der Waals surface area contributed by atoms with Crippen LogP contribution in [0.4, 0.5) is 0 Å². The van der Waals surface area contributed by atoms with Gasteiger partial charge in [-0.3, -0.25) is 29.7 Å². The second-order valence-electron chi connectivity index (χ2n) is 9.41. The molecule has 0 radical (unpaired) electrons. The van der Waals surface area contributed by atoms with Crippen molar-refractivity contribution in [3.05, 3.63) is 120 Å². The minimum Gasteiger partial charge on any atom is -0.851 e. The summed E-state index contributed by atoms with van der Waals surface area (Å²) in [5.41, 5.74) is 3.57. The Hall–Kier alpha value is -3.98. The van der Waals surface area contributed by atoms with Gasteiger partial charge >= 0.3 is 0 Å². The van der Waals surface area contributed by atoms with Crippen LogP contribution in [0.1, 0.15) is 29.1 Å². The van der Waals surface area contributed by atoms with Crippen molar-refractivity contribution in [3.8, 4) is 5.75 Å². The Morgan fingerprint density at radius 2 is 1.23 bits per heavy atom. The smallest absolute Gasteiger partial charge is 0.124 e. The zero-order chi connectivity index (χ0) is 27.1. The van der Waals surface area contributed by atoms with E-state index in [-0.39, 0.29) is 5.75 Å². The van der Waals surface area contributed by atoms with E-state index in [9.17, 15) is 10.2 Å². The molecule has 3 heterocycles. The summed E-state index contributed by atoms with van der Waals surface area (Å²) in [6.07, 6.45) is 6.64. The van der Waals surface area contributed by atoms with Gasteiger partial charge < -0.3 is 10.2 Å². The van der Waals surface area contributed by atoms with Gasteiger partial charge in [0.2, 0.25) is 0 Å². The van der Waals surface area contributed by atoms with Gasteiger partial charge in [0, 0.05) is 69.6 Å². The van der Waals surface area contributed by atoms with Crippen LogP contribution in [-0.4, -0.2) is 68.4 Å². The minimum atomic E-state index is -0.796. The van der Waals surface area contributed by atoms with E-state index >= 15 is 0 Å². The van der Waals surface area contributed by atoms with Crippen LogP contribution in [-0.2, 0) is 19.6 Å². The third-order valence-electron chi connectivity index (χ3n) is 6.28. The van der Waals surface area contributed by atoms with Crippen molar-refractivity contribution in [2.24, 2.45) is 4.99 Å². The molecule has 0 saturated heterocycles. The highest BCUT2D eigenvalue weighted by atomic mass is 16.3. The molecule has 1 atom stereocenters. The second kappa shape index (κ2) is 15.4. The van der Waals surface area contributed by atoms with Crippen molar-refractivity contribution < 1.29 is 10.2 Å². The molecule has 0 saturated carbocycles. The SMILES string of the molecule is [O-]C(CCN=Cc1ccccc1O)CN(CCN(Cc1ccccn1)Cc1ccccn1)Cc1ccccn1. The minimum absolute atomic E-state index is 0.183. The van der Waals surface area contributed by atoms with Crippen LogP contribution in [0.3, 0.4) is 0 Å². The summed E-state index contributed by atoms with van der Waals surface area (Å²) in [6, 6.07) is 24.8. The average molecular weight is 524 g/mol. The molecule has 4 rings (SSSR count). The monoisotopic (exact) mass is 523 g/mol. The molecule has 0 fully saturated rings. The van der Waals surface area contributed by atoms with Gasteiger partial charge in [0.15, 0.2) is 0 Å². The molecule has 0 aliphatic carbocycles. The summed E-state index contributed by atoms with van der Waals surface area (Å²) >= 11 is 0. The van der Waals surface area contributed by atoms with E-state index in [2.05, 4.69) is 29.7 Å². The standard InChI is InChI=1S/C31H35N6O2/c38-30(14-18-32-21-26-9-1-2-13-31(26)39)25-37(24-29-12-5-8-17-35-29)20-19-36(22-27-10-3-6-15-33-27)23-28-11-4-7-16-34-28/h1-13,15-17,21,30,39H,14,18-20,22-25H2/q-1. The summed E-state index contributed by atoms with van der Waals surface area (Å²) in [6.45, 7) is 4.23. The molecular formula is C31H35N6O2-. The molecule has 0 aliphatic rings. The van der Waals surface area contributed by atoms with Crippen LogP contribution in [0.15, 0.2) is 102 Å². The fraction of sp³-hybridized carbons (Fsp3) is 0.290. The number of aliphatic imine (C=N–C) groups is 1. The Labute approximate surface area is 230 Å². The van der Waals surface area contributed by atoms with Crippen LogP contribution < -0.4 is 5.11 Å². The molecule has 8 heteroatoms. The Kier molecular flexibility index (Phi) is 11.1. The predicted octanol–water partition coefficient (Wildman–Crippen LogP) is 3.32. The summed E-state index contributed by atoms with van der Waals surface area (Å²) in [7, 11) is 0. The van der Waals surface area contributed by atoms with Crippen molar-refractivity contribution in [3.63, 3.8) is 0 Å². The third kappa shape index (κ3) is 10.0. The maximum atomic E-state index is 13.0. The number of benzene rings is 1. The summed E-state index contributed by atoms with van der Waals surface area (Å²) in [5.74, 6) is 0.183. The molecular weight excluding hydrogens is 488 g/mol. The topological polar surface area (TPSA) is 101 Å². The number of phenolic OH excluding ortho intramolecular Hbond substituents is 1. The number of rotatable bonds is 15. The largest absolute Gasteiger partial charge is 0.851 e. The second-order valence-corrected chi connectivity index (χ2v) is 9.41. The molecule has 3 aromatic heterocycles. The molecule has 0 bridgehead atoms. The Morgan fingerprint density at radius 1 is 0.718 bits per heavy atom. The molecule has 0 spiro atoms. The quantitative estimate of drug-likeness (QED) is 0.239. The number of para-hydroxylation sites is 1. The van der Waals surface area contributed by atoms with Crippen molar-refractivity contribution >= 4 is 6.21 Å². The first-order valence-electron chi connectivity index (χ1n) is 13.2. The first-order valence-corrected chi connectivity index (χ1v) is 13.2. The molecule has 1 aromatic carbocycles. The van der Waals surface area contributed by atoms with Gasteiger partial charge in [-0.2, -0.15) is 0 Å². The highest BCUT2D eigenvalue weighted by Gasteiger charge is 2.14. The number of phenols is 1. The first kappa shape index (κ1) is 28.0. The lowest BCUT2D eigenvalue weighted by atomic mass is 10.2. The number of hydrogen-bond donors (Lipinski definition) is 1. The number of hydrogen-bond acceptors (Lipinski definition) is 8. The molecule has 0 amide bonds. The number of nitrogens with zero attached hydrogens (tertiary/aromatic N) is 6. The molecule has 4 aromatic rings. The Balaban J connectivity index is 1.38. The van der Waals surface area contributed by atoms with Crippen LogP contribution in [0, 0.1) is 0 Å². The van der Waals surface area contributed by atoms with E-state index < -0.39 is 6.10 Å². The van der Waals surface area contributed by atoms with Gasteiger partial charge in [-0.05, 0) is 61.5 Å². The van der Waals surface area contributed by atoms with E-state index in [4.69, 9.17) is 0 Å². The fourth-order valence-electron chi connectivity index (χ4n) is 4.25. The van der Waals surface area contributed by atoms with Crippen LogP contribution in [0.25, 0.3) is 0 Å². The Bertz CT molecular complexity index is 1220. The van der Waals surface area contributed by atoms with Gasteiger partial charge in [0.05, 0.1) is 17.1 Å². The lowest BCUT2D eigenvalue weighted by molar-refractivity contribution is -0.422. The molecule has 1 unspecified atom stereocenters. The van der Waals surface area contributed by atoms with Gasteiger partial charge in [-0.15, -0.1) is 6.10 Å². The highest BCUT2D eigenvalue weighted by Crippen LogP contribution is 2.13. The van der Waals surface area contributed by atoms with Crippen molar-refractivity contribution in [1.82, 2.24) is 24.8 Å². The van der Waals surface area contributed by atoms with E-state index in [1.807, 2.05) is 73.1 Å². The van der Waals surface area contributed by atoms with Gasteiger partial charge in [0.25, 0.3) is 0 Å². The predicted molar refractivity (Wildman–Crippen MR) is 151 cm³/mol. The lowest BCUT2D eigenvalue weighted by Crippen LogP contribution is -2.43. The van der Waals surface area contributed by atoms with Crippen LogP contribution >= 0.6 is 0 Å². The average Bonchev–Trinajstić information content (AvgIpc) is 2.96. The fourth-order valence-corrected chi connectivity index (χ4v) is 4.25.